The van der Waals surface area contributed by atoms with Crippen molar-refractivity contribution in [3.8, 4) is 0 Å². The lowest BCUT2D eigenvalue weighted by Gasteiger charge is -2.28. The van der Waals surface area contributed by atoms with Gasteiger partial charge in [0.1, 0.15) is 0 Å². The molecule has 1 aliphatic rings. The normalized spacial score (nSPS) is 27.2. The molecule has 2 heteroatoms. The van der Waals surface area contributed by atoms with E-state index in [0.717, 1.165) is 18.4 Å². The van der Waals surface area contributed by atoms with Crippen molar-refractivity contribution in [2.24, 2.45) is 11.8 Å². The predicted octanol–water partition coefficient (Wildman–Crippen LogP) is 2.40. The number of hydrogen-bond donors (Lipinski definition) is 2. The predicted molar refractivity (Wildman–Crippen MR) is 67.1 cm³/mol. The summed E-state index contributed by atoms with van der Waals surface area (Å²) in [6, 6.07) is 0.711. The largest absolute Gasteiger partial charge is 0.315 e. The average molecular weight is 212 g/mol. The second-order valence-corrected chi connectivity index (χ2v) is 5.12. The monoisotopic (exact) mass is 212 g/mol. The van der Waals surface area contributed by atoms with Gasteiger partial charge in [-0.15, -0.1) is 0 Å². The minimum atomic E-state index is 0.711. The van der Waals surface area contributed by atoms with Crippen LogP contribution in [0.15, 0.2) is 0 Å². The summed E-state index contributed by atoms with van der Waals surface area (Å²) in [5, 5.41) is 7.21. The summed E-state index contributed by atoms with van der Waals surface area (Å²) in [6.07, 6.45) is 5.30. The first-order valence-corrected chi connectivity index (χ1v) is 6.70. The van der Waals surface area contributed by atoms with Crippen LogP contribution in [0.5, 0.6) is 0 Å². The van der Waals surface area contributed by atoms with Crippen LogP contribution in [-0.4, -0.2) is 25.7 Å². The Kier molecular flexibility index (Phi) is 6.26. The molecule has 15 heavy (non-hydrogen) atoms. The van der Waals surface area contributed by atoms with Crippen LogP contribution in [-0.2, 0) is 0 Å². The molecule has 2 unspecified atom stereocenters. The van der Waals surface area contributed by atoms with Crippen molar-refractivity contribution in [2.45, 2.75) is 52.5 Å². The van der Waals surface area contributed by atoms with Crippen molar-refractivity contribution in [1.82, 2.24) is 10.6 Å². The molecule has 0 bridgehead atoms. The van der Waals surface area contributed by atoms with E-state index in [0.29, 0.717) is 6.04 Å². The summed E-state index contributed by atoms with van der Waals surface area (Å²) in [4.78, 5) is 0. The van der Waals surface area contributed by atoms with E-state index in [4.69, 9.17) is 0 Å². The van der Waals surface area contributed by atoms with Crippen LogP contribution >= 0.6 is 0 Å². The summed E-state index contributed by atoms with van der Waals surface area (Å²) in [7, 11) is 0. The van der Waals surface area contributed by atoms with Gasteiger partial charge in [-0.25, -0.2) is 0 Å². The van der Waals surface area contributed by atoms with Crippen LogP contribution in [0.1, 0.15) is 46.5 Å². The molecule has 1 saturated heterocycles. The third-order valence-corrected chi connectivity index (χ3v) is 3.74. The van der Waals surface area contributed by atoms with E-state index in [-0.39, 0.29) is 0 Å². The van der Waals surface area contributed by atoms with Crippen molar-refractivity contribution < 1.29 is 0 Å². The van der Waals surface area contributed by atoms with Gasteiger partial charge in [-0.2, -0.15) is 0 Å². The van der Waals surface area contributed by atoms with Crippen LogP contribution in [0.4, 0.5) is 0 Å². The van der Waals surface area contributed by atoms with Gasteiger partial charge >= 0.3 is 0 Å². The van der Waals surface area contributed by atoms with Crippen molar-refractivity contribution in [2.75, 3.05) is 19.6 Å². The maximum absolute atomic E-state index is 3.62. The highest BCUT2D eigenvalue weighted by Crippen LogP contribution is 2.14. The second-order valence-electron chi connectivity index (χ2n) is 5.12. The van der Waals surface area contributed by atoms with Gasteiger partial charge in [-0.05, 0) is 37.8 Å². The Balaban J connectivity index is 2.08. The molecule has 1 heterocycles. The van der Waals surface area contributed by atoms with E-state index < -0.39 is 0 Å². The summed E-state index contributed by atoms with van der Waals surface area (Å²) in [5.74, 6) is 1.78. The molecule has 0 saturated carbocycles. The van der Waals surface area contributed by atoms with E-state index in [1.807, 2.05) is 0 Å². The minimum absolute atomic E-state index is 0.711. The van der Waals surface area contributed by atoms with Crippen LogP contribution in [0, 0.1) is 11.8 Å². The second kappa shape index (κ2) is 7.24. The maximum atomic E-state index is 3.62. The van der Waals surface area contributed by atoms with E-state index in [1.165, 1.54) is 38.8 Å². The number of hydrogen-bond acceptors (Lipinski definition) is 2. The Hall–Kier alpha value is -0.0800. The first-order valence-electron chi connectivity index (χ1n) is 6.70. The molecule has 0 spiro atoms. The zero-order valence-electron chi connectivity index (χ0n) is 10.7. The van der Waals surface area contributed by atoms with Crippen LogP contribution in [0.2, 0.25) is 0 Å². The minimum Gasteiger partial charge on any atom is -0.315 e. The van der Waals surface area contributed by atoms with E-state index in [1.54, 1.807) is 0 Å². The first kappa shape index (κ1) is 13.0. The number of piperidine rings is 1. The molecule has 2 atom stereocenters. The van der Waals surface area contributed by atoms with Gasteiger partial charge in [0, 0.05) is 12.6 Å². The molecule has 0 aromatic rings. The fourth-order valence-electron chi connectivity index (χ4n) is 2.42. The fourth-order valence-corrected chi connectivity index (χ4v) is 2.42. The Labute approximate surface area is 95.2 Å². The highest BCUT2D eigenvalue weighted by Gasteiger charge is 2.17. The molecule has 1 aliphatic heterocycles. The van der Waals surface area contributed by atoms with Gasteiger partial charge in [0.25, 0.3) is 0 Å². The van der Waals surface area contributed by atoms with Gasteiger partial charge < -0.3 is 10.6 Å². The molecule has 2 nitrogen and oxygen atoms in total. The molecule has 0 radical (unpaired) electrons. The molecule has 1 rings (SSSR count). The van der Waals surface area contributed by atoms with Crippen molar-refractivity contribution >= 4 is 0 Å². The van der Waals surface area contributed by atoms with E-state index in [2.05, 4.69) is 31.4 Å². The molecule has 1 fully saturated rings. The fraction of sp³-hybridized carbons (Fsp3) is 1.00. The van der Waals surface area contributed by atoms with Crippen LogP contribution < -0.4 is 10.6 Å². The smallest absolute Gasteiger partial charge is 0.0195 e. The standard InChI is InChI=1S/C13H28N2/c1-4-12(5-2)9-14-10-13-8-11(3)6-7-15-13/h11-15H,4-10H2,1-3H3. The van der Waals surface area contributed by atoms with Gasteiger partial charge in [0.05, 0.1) is 0 Å². The highest BCUT2D eigenvalue weighted by atomic mass is 15.0. The Morgan fingerprint density at radius 3 is 2.67 bits per heavy atom. The third-order valence-electron chi connectivity index (χ3n) is 3.74. The number of nitrogens with one attached hydrogen (secondary N) is 2. The van der Waals surface area contributed by atoms with E-state index in [9.17, 15) is 0 Å². The molecule has 90 valence electrons. The van der Waals surface area contributed by atoms with Gasteiger partial charge in [0.2, 0.25) is 0 Å². The molecule has 2 N–H and O–H groups in total. The maximum Gasteiger partial charge on any atom is 0.0195 e. The molecular weight excluding hydrogens is 184 g/mol. The van der Waals surface area contributed by atoms with Gasteiger partial charge in [-0.1, -0.05) is 33.6 Å². The van der Waals surface area contributed by atoms with Crippen LogP contribution in [0.3, 0.4) is 0 Å². The van der Waals surface area contributed by atoms with Crippen molar-refractivity contribution in [3.05, 3.63) is 0 Å². The van der Waals surface area contributed by atoms with Crippen molar-refractivity contribution in [1.29, 1.82) is 0 Å². The van der Waals surface area contributed by atoms with Gasteiger partial charge in [0.15, 0.2) is 0 Å². The molecule has 0 aromatic carbocycles. The lowest BCUT2D eigenvalue weighted by atomic mass is 9.94. The number of rotatable bonds is 6. The Bertz CT molecular complexity index is 155. The first-order chi connectivity index (χ1) is 7.26. The summed E-state index contributed by atoms with van der Waals surface area (Å²) >= 11 is 0. The highest BCUT2D eigenvalue weighted by molar-refractivity contribution is 4.78. The SMILES string of the molecule is CCC(CC)CNCC1CC(C)CCN1. The zero-order chi connectivity index (χ0) is 11.1. The molecular formula is C13H28N2. The summed E-state index contributed by atoms with van der Waals surface area (Å²) in [5.41, 5.74) is 0. The zero-order valence-corrected chi connectivity index (χ0v) is 10.7. The van der Waals surface area contributed by atoms with Crippen LogP contribution in [0.25, 0.3) is 0 Å². The van der Waals surface area contributed by atoms with Gasteiger partial charge in [-0.3, -0.25) is 0 Å². The Morgan fingerprint density at radius 2 is 2.07 bits per heavy atom. The lowest BCUT2D eigenvalue weighted by molar-refractivity contribution is 0.304. The quantitative estimate of drug-likeness (QED) is 0.706. The molecule has 0 aromatic heterocycles. The summed E-state index contributed by atoms with van der Waals surface area (Å²) in [6.45, 7) is 10.5. The van der Waals surface area contributed by atoms with Crippen molar-refractivity contribution in [3.63, 3.8) is 0 Å². The topological polar surface area (TPSA) is 24.1 Å². The Morgan fingerprint density at radius 1 is 1.33 bits per heavy atom. The van der Waals surface area contributed by atoms with E-state index >= 15 is 0 Å². The average Bonchev–Trinajstić information content (AvgIpc) is 2.25. The third kappa shape index (κ3) is 4.98. The molecule has 0 amide bonds. The molecule has 0 aliphatic carbocycles. The summed E-state index contributed by atoms with van der Waals surface area (Å²) < 4.78 is 0. The lowest BCUT2D eigenvalue weighted by Crippen LogP contribution is -2.44.